The van der Waals surface area contributed by atoms with Crippen LogP contribution in [0.5, 0.6) is 5.75 Å². The van der Waals surface area contributed by atoms with Crippen molar-refractivity contribution in [3.8, 4) is 5.75 Å². The van der Waals surface area contributed by atoms with E-state index in [1.54, 1.807) is 11.3 Å². The fraction of sp³-hybridized carbons (Fsp3) is 0.200. The molecule has 4 heteroatoms. The first-order chi connectivity index (χ1) is 6.70. The smallest absolute Gasteiger partial charge is 0.133 e. The molecule has 14 heavy (non-hydrogen) atoms. The van der Waals surface area contributed by atoms with Gasteiger partial charge in [0, 0.05) is 9.60 Å². The first-order valence-electron chi connectivity index (χ1n) is 4.25. The molecule has 0 bridgehead atoms. The number of halogens is 1. The van der Waals surface area contributed by atoms with Crippen molar-refractivity contribution in [3.63, 3.8) is 0 Å². The van der Waals surface area contributed by atoms with Crippen molar-refractivity contribution in [1.82, 2.24) is 0 Å². The summed E-state index contributed by atoms with van der Waals surface area (Å²) in [5, 5.41) is 1.20. The quantitative estimate of drug-likeness (QED) is 0.809. The number of hydrogen-bond acceptors (Lipinski definition) is 3. The summed E-state index contributed by atoms with van der Waals surface area (Å²) in [6.45, 7) is 2.64. The average molecular weight is 289 g/mol. The Morgan fingerprint density at radius 2 is 2.21 bits per heavy atom. The maximum Gasteiger partial charge on any atom is 0.133 e. The average Bonchev–Trinajstić information content (AvgIpc) is 2.45. The van der Waals surface area contributed by atoms with E-state index in [1.165, 1.54) is 10.1 Å². The fourth-order valence-corrected chi connectivity index (χ4v) is 3.22. The molecule has 74 valence electrons. The Morgan fingerprint density at radius 1 is 1.43 bits per heavy atom. The van der Waals surface area contributed by atoms with E-state index in [0.717, 1.165) is 14.4 Å². The van der Waals surface area contributed by atoms with E-state index in [-0.39, 0.29) is 0 Å². The van der Waals surface area contributed by atoms with Crippen molar-refractivity contribution < 1.29 is 4.74 Å². The van der Waals surface area contributed by atoms with Crippen LogP contribution >= 0.6 is 39.9 Å². The Bertz CT molecular complexity index is 464. The van der Waals surface area contributed by atoms with Crippen LogP contribution in [0.25, 0.3) is 10.1 Å². The van der Waals surface area contributed by atoms with Crippen molar-refractivity contribution in [1.29, 1.82) is 0 Å². The number of thiol groups is 1. The molecule has 0 saturated heterocycles. The fourth-order valence-electron chi connectivity index (χ4n) is 1.29. The summed E-state index contributed by atoms with van der Waals surface area (Å²) in [4.78, 5) is 0.897. The summed E-state index contributed by atoms with van der Waals surface area (Å²) in [6, 6.07) is 6.16. The second kappa shape index (κ2) is 4.13. The normalized spacial score (nSPS) is 10.8. The van der Waals surface area contributed by atoms with Crippen molar-refractivity contribution in [2.75, 3.05) is 6.61 Å². The second-order valence-corrected chi connectivity index (χ2v) is 5.79. The van der Waals surface area contributed by atoms with Crippen LogP contribution in [0.3, 0.4) is 0 Å². The first kappa shape index (κ1) is 10.3. The zero-order chi connectivity index (χ0) is 10.1. The Labute approximate surface area is 101 Å². The number of fused-ring (bicyclic) bond motifs is 1. The zero-order valence-electron chi connectivity index (χ0n) is 7.58. The number of benzene rings is 1. The summed E-state index contributed by atoms with van der Waals surface area (Å²) in [5.41, 5.74) is 0. The Morgan fingerprint density at radius 3 is 2.93 bits per heavy atom. The monoisotopic (exact) mass is 288 g/mol. The molecule has 1 aromatic carbocycles. The van der Waals surface area contributed by atoms with E-state index in [4.69, 9.17) is 4.74 Å². The molecule has 0 radical (unpaired) electrons. The number of rotatable bonds is 2. The largest absolute Gasteiger partial charge is 0.493 e. The van der Waals surface area contributed by atoms with Gasteiger partial charge in [0.2, 0.25) is 0 Å². The van der Waals surface area contributed by atoms with E-state index >= 15 is 0 Å². The topological polar surface area (TPSA) is 9.23 Å². The molecular weight excluding hydrogens is 280 g/mol. The summed E-state index contributed by atoms with van der Waals surface area (Å²) in [5.74, 6) is 0.855. The van der Waals surface area contributed by atoms with Crippen LogP contribution in [0, 0.1) is 0 Å². The standard InChI is InChI=1S/C10H9BrOS2/c1-2-12-7-3-6-4-10(11)14-9(6)5-8(7)13/h3-5,13H,2H2,1H3. The van der Waals surface area contributed by atoms with Crippen LogP contribution in [0.4, 0.5) is 0 Å². The van der Waals surface area contributed by atoms with Crippen LogP contribution in [-0.2, 0) is 0 Å². The van der Waals surface area contributed by atoms with E-state index in [0.29, 0.717) is 6.61 Å². The van der Waals surface area contributed by atoms with Gasteiger partial charge in [-0.15, -0.1) is 24.0 Å². The minimum absolute atomic E-state index is 0.671. The van der Waals surface area contributed by atoms with Crippen LogP contribution in [0.1, 0.15) is 6.92 Å². The van der Waals surface area contributed by atoms with Gasteiger partial charge in [-0.25, -0.2) is 0 Å². The first-order valence-corrected chi connectivity index (χ1v) is 6.31. The second-order valence-electron chi connectivity index (χ2n) is 2.84. The summed E-state index contributed by atoms with van der Waals surface area (Å²) in [6.07, 6.45) is 0. The molecule has 0 N–H and O–H groups in total. The predicted molar refractivity (Wildman–Crippen MR) is 67.9 cm³/mol. The van der Waals surface area contributed by atoms with Gasteiger partial charge in [-0.05, 0) is 46.4 Å². The maximum atomic E-state index is 5.47. The maximum absolute atomic E-state index is 5.47. The minimum Gasteiger partial charge on any atom is -0.493 e. The highest BCUT2D eigenvalue weighted by molar-refractivity contribution is 9.11. The molecule has 0 saturated carbocycles. The number of thiophene rings is 1. The molecule has 0 fully saturated rings. The predicted octanol–water partition coefficient (Wildman–Crippen LogP) is 4.35. The molecule has 0 aliphatic rings. The Balaban J connectivity index is 2.58. The van der Waals surface area contributed by atoms with Gasteiger partial charge in [0.05, 0.1) is 10.4 Å². The van der Waals surface area contributed by atoms with Gasteiger partial charge in [-0.2, -0.15) is 0 Å². The lowest BCUT2D eigenvalue weighted by Gasteiger charge is -2.05. The summed E-state index contributed by atoms with van der Waals surface area (Å²) >= 11 is 9.55. The van der Waals surface area contributed by atoms with Gasteiger partial charge in [-0.3, -0.25) is 0 Å². The molecule has 0 aliphatic carbocycles. The molecule has 0 aliphatic heterocycles. The van der Waals surface area contributed by atoms with Gasteiger partial charge < -0.3 is 4.74 Å². The molecule has 1 heterocycles. The van der Waals surface area contributed by atoms with E-state index < -0.39 is 0 Å². The van der Waals surface area contributed by atoms with E-state index in [9.17, 15) is 0 Å². The van der Waals surface area contributed by atoms with Gasteiger partial charge in [0.15, 0.2) is 0 Å². The van der Waals surface area contributed by atoms with Gasteiger partial charge in [0.1, 0.15) is 5.75 Å². The molecule has 2 rings (SSSR count). The van der Waals surface area contributed by atoms with Crippen molar-refractivity contribution in [2.45, 2.75) is 11.8 Å². The molecule has 0 unspecified atom stereocenters. The molecule has 1 aromatic heterocycles. The van der Waals surface area contributed by atoms with Gasteiger partial charge in [-0.1, -0.05) is 0 Å². The minimum atomic E-state index is 0.671. The Kier molecular flexibility index (Phi) is 3.04. The number of hydrogen-bond donors (Lipinski definition) is 1. The van der Waals surface area contributed by atoms with Gasteiger partial charge in [0.25, 0.3) is 0 Å². The third-order valence-corrected chi connectivity index (χ3v) is 3.82. The van der Waals surface area contributed by atoms with Crippen LogP contribution in [0.2, 0.25) is 0 Å². The third-order valence-electron chi connectivity index (χ3n) is 1.87. The van der Waals surface area contributed by atoms with Crippen molar-refractivity contribution >= 4 is 50.0 Å². The summed E-state index contributed by atoms with van der Waals surface area (Å²) < 4.78 is 7.83. The van der Waals surface area contributed by atoms with E-state index in [2.05, 4.69) is 34.6 Å². The zero-order valence-corrected chi connectivity index (χ0v) is 10.9. The third kappa shape index (κ3) is 1.92. The lowest BCUT2D eigenvalue weighted by atomic mass is 10.2. The molecule has 2 aromatic rings. The molecule has 1 nitrogen and oxygen atoms in total. The lowest BCUT2D eigenvalue weighted by Crippen LogP contribution is -1.91. The number of ether oxygens (including phenoxy) is 1. The van der Waals surface area contributed by atoms with Crippen molar-refractivity contribution in [2.24, 2.45) is 0 Å². The van der Waals surface area contributed by atoms with Crippen LogP contribution in [0.15, 0.2) is 26.9 Å². The molecule has 0 spiro atoms. The van der Waals surface area contributed by atoms with Crippen molar-refractivity contribution in [3.05, 3.63) is 22.0 Å². The molecule has 0 atom stereocenters. The van der Waals surface area contributed by atoms with Gasteiger partial charge >= 0.3 is 0 Å². The van der Waals surface area contributed by atoms with Crippen LogP contribution < -0.4 is 4.74 Å². The highest BCUT2D eigenvalue weighted by atomic mass is 79.9. The molecule has 0 amide bonds. The summed E-state index contributed by atoms with van der Waals surface area (Å²) in [7, 11) is 0. The SMILES string of the molecule is CCOc1cc2cc(Br)sc2cc1S. The highest BCUT2D eigenvalue weighted by Crippen LogP contribution is 2.35. The molecular formula is C10H9BrOS2. The lowest BCUT2D eigenvalue weighted by molar-refractivity contribution is 0.333. The van der Waals surface area contributed by atoms with E-state index in [1.807, 2.05) is 19.1 Å². The highest BCUT2D eigenvalue weighted by Gasteiger charge is 2.05. The Hall–Kier alpha value is -0.190. The van der Waals surface area contributed by atoms with Crippen LogP contribution in [-0.4, -0.2) is 6.61 Å².